The number of hydrogen-bond acceptors (Lipinski definition) is 7. The van der Waals surface area contributed by atoms with Crippen molar-refractivity contribution < 1.29 is 23.9 Å². The lowest BCUT2D eigenvalue weighted by molar-refractivity contribution is -0.155. The molecule has 7 rings (SSSR count). The molecule has 236 valence electrons. The molecule has 3 aliphatic heterocycles. The Morgan fingerprint density at radius 3 is 2.24 bits per heavy atom. The van der Waals surface area contributed by atoms with E-state index < -0.39 is 45.8 Å². The summed E-state index contributed by atoms with van der Waals surface area (Å²) >= 11 is 0. The normalized spacial score (nSPS) is 21.9. The van der Waals surface area contributed by atoms with E-state index in [1.807, 2.05) is 12.1 Å². The van der Waals surface area contributed by atoms with Gasteiger partial charge in [0, 0.05) is 52.9 Å². The van der Waals surface area contributed by atoms with Crippen LogP contribution in [-0.2, 0) is 41.3 Å². The fourth-order valence-corrected chi connectivity index (χ4v) is 7.19. The highest BCUT2D eigenvalue weighted by Gasteiger charge is 2.56. The van der Waals surface area contributed by atoms with Crippen LogP contribution in [0.1, 0.15) is 64.2 Å². The number of carbonyl (C=O) groups is 3. The molecule has 1 aromatic heterocycles. The number of hydrogen-bond donors (Lipinski definition) is 2. The second-order valence-electron chi connectivity index (χ2n) is 12.7. The summed E-state index contributed by atoms with van der Waals surface area (Å²) in [5.41, 5.74) is 0.580. The fourth-order valence-electron chi connectivity index (χ4n) is 7.19. The number of aryl methyl sites for hydroxylation is 1. The lowest BCUT2D eigenvalue weighted by atomic mass is 9.71. The third kappa shape index (κ3) is 4.97. The van der Waals surface area contributed by atoms with Crippen LogP contribution in [0.25, 0.3) is 0 Å². The van der Waals surface area contributed by atoms with Gasteiger partial charge in [-0.15, -0.1) is 0 Å². The molecule has 3 aromatic rings. The van der Waals surface area contributed by atoms with E-state index in [1.54, 1.807) is 13.0 Å². The second kappa shape index (κ2) is 11.1. The summed E-state index contributed by atoms with van der Waals surface area (Å²) in [7, 11) is 4.53. The summed E-state index contributed by atoms with van der Waals surface area (Å²) in [5, 5.41) is 13.8. The van der Waals surface area contributed by atoms with Crippen molar-refractivity contribution in [2.24, 2.45) is 0 Å². The molecule has 2 N–H and O–H groups in total. The summed E-state index contributed by atoms with van der Waals surface area (Å²) in [6, 6.07) is 12.6. The number of carbonyl (C=O) groups excluding carboxylic acids is 3. The molecule has 1 fully saturated rings. The van der Waals surface area contributed by atoms with E-state index in [9.17, 15) is 28.7 Å². The molecule has 0 spiro atoms. The average Bonchev–Trinajstić information content (AvgIpc) is 3.36. The molecular formula is C33H37FN6O5. The van der Waals surface area contributed by atoms with Gasteiger partial charge in [0.15, 0.2) is 5.69 Å². The molecule has 2 bridgehead atoms. The van der Waals surface area contributed by atoms with Crippen molar-refractivity contribution in [1.29, 1.82) is 0 Å². The summed E-state index contributed by atoms with van der Waals surface area (Å²) < 4.78 is 15.2. The Morgan fingerprint density at radius 2 is 1.64 bits per heavy atom. The smallest absolute Gasteiger partial charge is 0.312 e. The van der Waals surface area contributed by atoms with Gasteiger partial charge in [-0.3, -0.25) is 28.6 Å². The standard InChI is InChI=1S/C33H37FN6O5/c1-20-15-21(9-10-24(20)34)16-35-27(42)25-26(41)28(43)40-19-32(39-17-22-7-5-6-8-23(22)18-39)11-13-33(14-12-32,31(40)36-25)38(4)30(45)29(44)37(2)3/h5-10,15,41H,11-14,16-19H2,1-4H3,(H,35,42). The van der Waals surface area contributed by atoms with Gasteiger partial charge in [-0.05, 0) is 60.9 Å². The lowest BCUT2D eigenvalue weighted by Gasteiger charge is -2.49. The Hall–Kier alpha value is -4.58. The van der Waals surface area contributed by atoms with Gasteiger partial charge in [0.05, 0.1) is 0 Å². The predicted molar refractivity (Wildman–Crippen MR) is 162 cm³/mol. The highest BCUT2D eigenvalue weighted by atomic mass is 19.1. The minimum absolute atomic E-state index is 0.0129. The van der Waals surface area contributed by atoms with Crippen LogP contribution in [0.2, 0.25) is 0 Å². The van der Waals surface area contributed by atoms with Gasteiger partial charge >= 0.3 is 11.8 Å². The number of nitrogens with one attached hydrogen (secondary N) is 1. The van der Waals surface area contributed by atoms with E-state index in [1.165, 1.54) is 58.8 Å². The van der Waals surface area contributed by atoms with Crippen LogP contribution >= 0.6 is 0 Å². The molecule has 11 nitrogen and oxygen atoms in total. The third-order valence-electron chi connectivity index (χ3n) is 9.96. The number of nitrogens with zero attached hydrogens (tertiary/aromatic N) is 5. The van der Waals surface area contributed by atoms with Gasteiger partial charge in [0.2, 0.25) is 5.75 Å². The van der Waals surface area contributed by atoms with Crippen LogP contribution < -0.4 is 10.9 Å². The highest BCUT2D eigenvalue weighted by Crippen LogP contribution is 2.51. The summed E-state index contributed by atoms with van der Waals surface area (Å²) in [5.74, 6) is -3.25. The van der Waals surface area contributed by atoms with Crippen LogP contribution in [-0.4, -0.2) is 73.8 Å². The molecule has 0 saturated heterocycles. The van der Waals surface area contributed by atoms with Crippen molar-refractivity contribution in [2.45, 2.75) is 69.9 Å². The first kappa shape index (κ1) is 30.4. The first-order valence-corrected chi connectivity index (χ1v) is 15.1. The molecule has 1 aliphatic carbocycles. The average molecular weight is 617 g/mol. The number of likely N-dealkylation sites (N-methyl/N-ethyl adjacent to an activating group) is 2. The zero-order valence-corrected chi connectivity index (χ0v) is 25.9. The van der Waals surface area contributed by atoms with Gasteiger partial charge in [-0.1, -0.05) is 36.4 Å². The van der Waals surface area contributed by atoms with Crippen molar-refractivity contribution in [3.8, 4) is 5.75 Å². The molecule has 4 heterocycles. The molecule has 0 unspecified atom stereocenters. The monoisotopic (exact) mass is 616 g/mol. The van der Waals surface area contributed by atoms with E-state index >= 15 is 0 Å². The Morgan fingerprint density at radius 1 is 1.00 bits per heavy atom. The van der Waals surface area contributed by atoms with Crippen molar-refractivity contribution in [1.82, 2.24) is 29.6 Å². The molecular weight excluding hydrogens is 579 g/mol. The number of halogens is 1. The zero-order chi connectivity index (χ0) is 32.3. The molecule has 12 heteroatoms. The topological polar surface area (TPSA) is 128 Å². The van der Waals surface area contributed by atoms with Crippen molar-refractivity contribution in [3.63, 3.8) is 0 Å². The minimum Gasteiger partial charge on any atom is -0.501 e. The highest BCUT2D eigenvalue weighted by molar-refractivity contribution is 6.34. The van der Waals surface area contributed by atoms with Crippen LogP contribution in [0, 0.1) is 12.7 Å². The van der Waals surface area contributed by atoms with E-state index in [2.05, 4.69) is 27.3 Å². The zero-order valence-electron chi connectivity index (χ0n) is 25.9. The van der Waals surface area contributed by atoms with Crippen LogP contribution in [0.3, 0.4) is 0 Å². The maximum Gasteiger partial charge on any atom is 0.312 e. The Labute approximate surface area is 260 Å². The maximum absolute atomic E-state index is 14.0. The lowest BCUT2D eigenvalue weighted by Crippen LogP contribution is -2.57. The van der Waals surface area contributed by atoms with Gasteiger partial charge in [-0.2, -0.15) is 0 Å². The SMILES string of the molecule is Cc1cc(CNC(=O)c2nc3n(c(=O)c2O)CC2(N4Cc5ccccc5C4)CCC3(N(C)C(=O)C(=O)N(C)C)CC2)ccc1F. The first-order valence-electron chi connectivity index (χ1n) is 15.1. The third-order valence-corrected chi connectivity index (χ3v) is 9.96. The number of amides is 3. The largest absolute Gasteiger partial charge is 0.501 e. The van der Waals surface area contributed by atoms with Crippen LogP contribution in [0.4, 0.5) is 4.39 Å². The minimum atomic E-state index is -1.18. The van der Waals surface area contributed by atoms with Crippen LogP contribution in [0.5, 0.6) is 5.75 Å². The van der Waals surface area contributed by atoms with Crippen LogP contribution in [0.15, 0.2) is 47.3 Å². The van der Waals surface area contributed by atoms with Gasteiger partial charge in [-0.25, -0.2) is 9.37 Å². The Bertz CT molecular complexity index is 1750. The summed E-state index contributed by atoms with van der Waals surface area (Å²) in [4.78, 5) is 63.3. The molecule has 2 aromatic carbocycles. The van der Waals surface area contributed by atoms with E-state index in [4.69, 9.17) is 0 Å². The van der Waals surface area contributed by atoms with E-state index in [0.717, 1.165) is 0 Å². The number of aromatic hydroxyl groups is 1. The fraction of sp³-hybridized carbons (Fsp3) is 0.424. The van der Waals surface area contributed by atoms with Crippen molar-refractivity contribution in [2.75, 3.05) is 21.1 Å². The predicted octanol–water partition coefficient (Wildman–Crippen LogP) is 2.41. The number of fused-ring (bicyclic) bond motifs is 3. The molecule has 4 aliphatic rings. The number of rotatable bonds is 5. The van der Waals surface area contributed by atoms with E-state index in [-0.39, 0.29) is 24.7 Å². The molecule has 0 radical (unpaired) electrons. The quantitative estimate of drug-likeness (QED) is 0.422. The first-order chi connectivity index (χ1) is 21.4. The maximum atomic E-state index is 14.0. The van der Waals surface area contributed by atoms with Crippen molar-refractivity contribution >= 4 is 17.7 Å². The summed E-state index contributed by atoms with van der Waals surface area (Å²) in [6.07, 6.45) is 2.00. The second-order valence-corrected chi connectivity index (χ2v) is 12.7. The Balaban J connectivity index is 1.42. The van der Waals surface area contributed by atoms with E-state index in [0.29, 0.717) is 49.9 Å². The molecule has 0 atom stereocenters. The van der Waals surface area contributed by atoms with Gasteiger partial charge in [0.25, 0.3) is 11.5 Å². The van der Waals surface area contributed by atoms with Gasteiger partial charge in [0.1, 0.15) is 17.2 Å². The molecule has 1 saturated carbocycles. The number of aromatic nitrogens is 2. The van der Waals surface area contributed by atoms with Crippen molar-refractivity contribution in [3.05, 3.63) is 92.4 Å². The number of benzene rings is 2. The van der Waals surface area contributed by atoms with Gasteiger partial charge < -0.3 is 20.2 Å². The Kier molecular flexibility index (Phi) is 7.51. The molecule has 45 heavy (non-hydrogen) atoms. The summed E-state index contributed by atoms with van der Waals surface area (Å²) in [6.45, 7) is 3.23. The molecule has 3 amide bonds.